The van der Waals surface area contributed by atoms with Crippen LogP contribution in [0.4, 0.5) is 5.69 Å². The Morgan fingerprint density at radius 2 is 1.91 bits per heavy atom. The van der Waals surface area contributed by atoms with E-state index < -0.39 is 23.6 Å². The summed E-state index contributed by atoms with van der Waals surface area (Å²) in [6.07, 6.45) is -0.157. The Bertz CT molecular complexity index is 536. The summed E-state index contributed by atoms with van der Waals surface area (Å²) in [5, 5.41) is 12.3. The van der Waals surface area contributed by atoms with E-state index in [0.29, 0.717) is 11.3 Å². The van der Waals surface area contributed by atoms with Gasteiger partial charge in [0.05, 0.1) is 19.6 Å². The minimum absolute atomic E-state index is 0.157. The summed E-state index contributed by atoms with van der Waals surface area (Å²) >= 11 is 0. The number of carbonyl (C=O) groups excluding carboxylic acids is 2. The van der Waals surface area contributed by atoms with Gasteiger partial charge in [-0.1, -0.05) is 18.2 Å². The van der Waals surface area contributed by atoms with Gasteiger partial charge in [0.25, 0.3) is 0 Å². The number of esters is 2. The van der Waals surface area contributed by atoms with Crippen molar-refractivity contribution in [3.8, 4) is 0 Å². The van der Waals surface area contributed by atoms with Crippen LogP contribution in [0.15, 0.2) is 24.3 Å². The maximum atomic E-state index is 12.1. The Hall–Kier alpha value is -2.08. The Labute approximate surface area is 136 Å². The summed E-state index contributed by atoms with van der Waals surface area (Å²) in [5.74, 6) is -1.03. The van der Waals surface area contributed by atoms with Gasteiger partial charge < -0.3 is 19.9 Å². The second-order valence-electron chi connectivity index (χ2n) is 6.05. The van der Waals surface area contributed by atoms with E-state index in [2.05, 4.69) is 5.32 Å². The molecule has 2 N–H and O–H groups in total. The number of aliphatic hydroxyl groups is 1. The minimum Gasteiger partial charge on any atom is -0.464 e. The average Bonchev–Trinajstić information content (AvgIpc) is 2.45. The van der Waals surface area contributed by atoms with Gasteiger partial charge in [-0.05, 0) is 33.8 Å². The molecule has 0 saturated heterocycles. The predicted octanol–water partition coefficient (Wildman–Crippen LogP) is 2.25. The lowest BCUT2D eigenvalue weighted by Gasteiger charge is -2.23. The molecule has 0 bridgehead atoms. The number of para-hydroxylation sites is 1. The molecule has 128 valence electrons. The maximum absolute atomic E-state index is 12.1. The van der Waals surface area contributed by atoms with Gasteiger partial charge in [-0.25, -0.2) is 4.79 Å². The number of nitrogens with one attached hydrogen (secondary N) is 1. The van der Waals surface area contributed by atoms with Crippen LogP contribution < -0.4 is 5.32 Å². The van der Waals surface area contributed by atoms with Gasteiger partial charge in [0.2, 0.25) is 0 Å². The Kier molecular flexibility index (Phi) is 7.03. The van der Waals surface area contributed by atoms with Crippen LogP contribution >= 0.6 is 0 Å². The molecule has 1 aromatic rings. The number of hydrogen-bond acceptors (Lipinski definition) is 6. The van der Waals surface area contributed by atoms with Crippen molar-refractivity contribution in [1.82, 2.24) is 0 Å². The van der Waals surface area contributed by atoms with Gasteiger partial charge in [0.1, 0.15) is 11.6 Å². The molecule has 23 heavy (non-hydrogen) atoms. The van der Waals surface area contributed by atoms with E-state index in [-0.39, 0.29) is 19.6 Å². The molecule has 0 unspecified atom stereocenters. The number of carbonyl (C=O) groups is 2. The number of hydrogen-bond donors (Lipinski definition) is 2. The molecule has 0 saturated carbocycles. The Morgan fingerprint density at radius 3 is 2.48 bits per heavy atom. The van der Waals surface area contributed by atoms with Crippen LogP contribution in [0.2, 0.25) is 0 Å². The third kappa shape index (κ3) is 6.69. The highest BCUT2D eigenvalue weighted by atomic mass is 16.6. The van der Waals surface area contributed by atoms with Gasteiger partial charge in [0, 0.05) is 11.3 Å². The van der Waals surface area contributed by atoms with E-state index in [1.165, 1.54) is 0 Å². The van der Waals surface area contributed by atoms with Crippen molar-refractivity contribution < 1.29 is 24.2 Å². The number of rotatable bonds is 7. The maximum Gasteiger partial charge on any atom is 0.329 e. The molecule has 6 nitrogen and oxygen atoms in total. The van der Waals surface area contributed by atoms with Gasteiger partial charge in [-0.15, -0.1) is 0 Å². The normalized spacial score (nSPS) is 12.4. The highest BCUT2D eigenvalue weighted by Crippen LogP contribution is 2.18. The van der Waals surface area contributed by atoms with E-state index in [9.17, 15) is 14.7 Å². The molecule has 6 heteroatoms. The molecular formula is C17H25NO5. The van der Waals surface area contributed by atoms with Crippen LogP contribution in [0.5, 0.6) is 0 Å². The van der Waals surface area contributed by atoms with Crippen molar-refractivity contribution in [3.63, 3.8) is 0 Å². The van der Waals surface area contributed by atoms with Crippen molar-refractivity contribution >= 4 is 17.6 Å². The quantitative estimate of drug-likeness (QED) is 0.749. The third-order valence-corrected chi connectivity index (χ3v) is 2.88. The van der Waals surface area contributed by atoms with Gasteiger partial charge in [-0.2, -0.15) is 0 Å². The molecule has 0 aromatic heterocycles. The van der Waals surface area contributed by atoms with Crippen molar-refractivity contribution in [1.29, 1.82) is 0 Å². The number of anilines is 1. The zero-order valence-electron chi connectivity index (χ0n) is 14.1. The number of benzene rings is 1. The zero-order chi connectivity index (χ0) is 17.5. The van der Waals surface area contributed by atoms with E-state index in [1.807, 2.05) is 0 Å². The van der Waals surface area contributed by atoms with Crippen LogP contribution in [-0.4, -0.2) is 35.3 Å². The first kappa shape index (κ1) is 19.0. The number of ether oxygens (including phenoxy) is 2. The summed E-state index contributed by atoms with van der Waals surface area (Å²) in [6.45, 7) is 7.03. The lowest BCUT2D eigenvalue weighted by Crippen LogP contribution is -2.36. The van der Waals surface area contributed by atoms with E-state index in [0.717, 1.165) is 0 Å². The van der Waals surface area contributed by atoms with Crippen molar-refractivity contribution in [2.75, 3.05) is 11.9 Å². The summed E-state index contributed by atoms with van der Waals surface area (Å²) in [7, 11) is 0. The van der Waals surface area contributed by atoms with Crippen LogP contribution in [0, 0.1) is 0 Å². The zero-order valence-corrected chi connectivity index (χ0v) is 14.1. The predicted molar refractivity (Wildman–Crippen MR) is 86.9 cm³/mol. The van der Waals surface area contributed by atoms with Crippen LogP contribution in [0.25, 0.3) is 0 Å². The average molecular weight is 323 g/mol. The van der Waals surface area contributed by atoms with Crippen molar-refractivity contribution in [2.24, 2.45) is 0 Å². The summed E-state index contributed by atoms with van der Waals surface area (Å²) in [4.78, 5) is 24.1. The molecular weight excluding hydrogens is 298 g/mol. The summed E-state index contributed by atoms with van der Waals surface area (Å²) in [6, 6.07) is 6.14. The van der Waals surface area contributed by atoms with E-state index in [4.69, 9.17) is 9.47 Å². The smallest absolute Gasteiger partial charge is 0.329 e. The second kappa shape index (κ2) is 8.53. The topological polar surface area (TPSA) is 84.9 Å². The molecule has 0 aliphatic rings. The van der Waals surface area contributed by atoms with Crippen molar-refractivity contribution in [3.05, 3.63) is 29.8 Å². The molecule has 0 aliphatic carbocycles. The summed E-state index contributed by atoms with van der Waals surface area (Å²) < 4.78 is 10.3. The first-order chi connectivity index (χ1) is 10.8. The minimum atomic E-state index is -0.877. The standard InChI is InChI=1S/C17H25NO5/c1-5-22-16(21)14(10-15(20)23-17(2,3)4)18-13-9-7-6-8-12(13)11-19/h6-9,14,18-19H,5,10-11H2,1-4H3/t14-/m1/s1. The highest BCUT2D eigenvalue weighted by molar-refractivity contribution is 5.85. The SMILES string of the molecule is CCOC(=O)[C@@H](CC(=O)OC(C)(C)C)Nc1ccccc1CO. The lowest BCUT2D eigenvalue weighted by molar-refractivity contribution is -0.158. The summed E-state index contributed by atoms with van der Waals surface area (Å²) in [5.41, 5.74) is 0.585. The molecule has 0 amide bonds. The van der Waals surface area contributed by atoms with Gasteiger partial charge in [0.15, 0.2) is 0 Å². The molecule has 0 heterocycles. The molecule has 0 aliphatic heterocycles. The molecule has 0 radical (unpaired) electrons. The Balaban J connectivity index is 2.88. The molecule has 1 aromatic carbocycles. The fourth-order valence-corrected chi connectivity index (χ4v) is 1.97. The second-order valence-corrected chi connectivity index (χ2v) is 6.05. The van der Waals surface area contributed by atoms with Crippen LogP contribution in [0.1, 0.15) is 39.7 Å². The highest BCUT2D eigenvalue weighted by Gasteiger charge is 2.27. The van der Waals surface area contributed by atoms with Gasteiger partial charge in [-0.3, -0.25) is 4.79 Å². The largest absolute Gasteiger partial charge is 0.464 e. The molecule has 1 rings (SSSR count). The monoisotopic (exact) mass is 323 g/mol. The third-order valence-electron chi connectivity index (χ3n) is 2.88. The van der Waals surface area contributed by atoms with E-state index in [1.54, 1.807) is 52.0 Å². The lowest BCUT2D eigenvalue weighted by atomic mass is 10.1. The number of aliphatic hydroxyl groups excluding tert-OH is 1. The van der Waals surface area contributed by atoms with Crippen LogP contribution in [0.3, 0.4) is 0 Å². The van der Waals surface area contributed by atoms with Crippen LogP contribution in [-0.2, 0) is 25.7 Å². The van der Waals surface area contributed by atoms with Crippen molar-refractivity contribution in [2.45, 2.75) is 52.4 Å². The van der Waals surface area contributed by atoms with Gasteiger partial charge >= 0.3 is 11.9 Å². The molecule has 0 fully saturated rings. The molecule has 0 spiro atoms. The first-order valence-corrected chi connectivity index (χ1v) is 7.60. The molecule has 1 atom stereocenters. The Morgan fingerprint density at radius 1 is 1.26 bits per heavy atom. The fourth-order valence-electron chi connectivity index (χ4n) is 1.97. The fraction of sp³-hybridized carbons (Fsp3) is 0.529. The van der Waals surface area contributed by atoms with E-state index >= 15 is 0 Å². The first-order valence-electron chi connectivity index (χ1n) is 7.60.